The topological polar surface area (TPSA) is 55.6 Å². The summed E-state index contributed by atoms with van der Waals surface area (Å²) >= 11 is 0. The quantitative estimate of drug-likeness (QED) is 0.576. The summed E-state index contributed by atoms with van der Waals surface area (Å²) in [6, 6.07) is 0. The molecule has 4 nitrogen and oxygen atoms in total. The highest BCUT2D eigenvalue weighted by Gasteiger charge is 2.29. The highest BCUT2D eigenvalue weighted by Crippen LogP contribution is 2.28. The fraction of sp³-hybridized carbons (Fsp3) is 0.938. The van der Waals surface area contributed by atoms with Crippen LogP contribution >= 0.6 is 0 Å². The number of unbranched alkanes of at least 4 members (excludes halogenated alkanes) is 1. The predicted octanol–water partition coefficient (Wildman–Crippen LogP) is 2.56. The van der Waals surface area contributed by atoms with Crippen molar-refractivity contribution < 1.29 is 9.53 Å². The van der Waals surface area contributed by atoms with Crippen molar-refractivity contribution in [3.05, 3.63) is 0 Å². The minimum Gasteiger partial charge on any atom is -0.465 e. The predicted molar refractivity (Wildman–Crippen MR) is 82.5 cm³/mol. The van der Waals surface area contributed by atoms with Gasteiger partial charge in [-0.15, -0.1) is 0 Å². The van der Waals surface area contributed by atoms with Crippen LogP contribution in [-0.2, 0) is 9.53 Å². The van der Waals surface area contributed by atoms with Crippen LogP contribution in [0.4, 0.5) is 0 Å². The molecule has 118 valence electrons. The zero-order valence-electron chi connectivity index (χ0n) is 13.7. The molecule has 1 aliphatic heterocycles. The third-order valence-corrected chi connectivity index (χ3v) is 4.14. The second kappa shape index (κ2) is 7.41. The molecule has 0 bridgehead atoms. The molecule has 0 aromatic rings. The summed E-state index contributed by atoms with van der Waals surface area (Å²) in [6.07, 6.45) is 5.39. The van der Waals surface area contributed by atoms with Crippen LogP contribution in [0, 0.1) is 5.41 Å². The van der Waals surface area contributed by atoms with E-state index in [-0.39, 0.29) is 5.97 Å². The van der Waals surface area contributed by atoms with E-state index in [1.54, 1.807) is 6.92 Å². The first-order chi connectivity index (χ1) is 9.27. The van der Waals surface area contributed by atoms with Gasteiger partial charge in [-0.1, -0.05) is 13.8 Å². The van der Waals surface area contributed by atoms with Crippen molar-refractivity contribution in [3.63, 3.8) is 0 Å². The van der Waals surface area contributed by atoms with Crippen LogP contribution < -0.4 is 5.73 Å². The molecule has 4 heteroatoms. The van der Waals surface area contributed by atoms with Crippen LogP contribution in [0.5, 0.6) is 0 Å². The van der Waals surface area contributed by atoms with Crippen molar-refractivity contribution in [1.29, 1.82) is 0 Å². The van der Waals surface area contributed by atoms with Crippen molar-refractivity contribution >= 4 is 5.97 Å². The van der Waals surface area contributed by atoms with Crippen molar-refractivity contribution in [1.82, 2.24) is 4.90 Å². The number of likely N-dealkylation sites (tertiary alicyclic amines) is 1. The number of esters is 1. The Hall–Kier alpha value is -0.610. The van der Waals surface area contributed by atoms with Gasteiger partial charge in [0.05, 0.1) is 6.61 Å². The van der Waals surface area contributed by atoms with E-state index in [1.165, 1.54) is 25.9 Å². The Morgan fingerprint density at radius 3 is 2.70 bits per heavy atom. The van der Waals surface area contributed by atoms with Crippen LogP contribution in [-0.4, -0.2) is 42.6 Å². The zero-order chi connectivity index (χ0) is 15.2. The lowest BCUT2D eigenvalue weighted by molar-refractivity contribution is -0.149. The second-order valence-electron chi connectivity index (χ2n) is 7.14. The van der Waals surface area contributed by atoms with E-state index in [9.17, 15) is 4.79 Å². The van der Waals surface area contributed by atoms with Crippen LogP contribution in [0.1, 0.15) is 59.8 Å². The Kier molecular flexibility index (Phi) is 6.46. The Morgan fingerprint density at radius 2 is 2.10 bits per heavy atom. The van der Waals surface area contributed by atoms with Gasteiger partial charge in [0, 0.05) is 6.54 Å². The van der Waals surface area contributed by atoms with Gasteiger partial charge >= 0.3 is 5.97 Å². The molecule has 0 aliphatic carbocycles. The summed E-state index contributed by atoms with van der Waals surface area (Å²) in [5.41, 5.74) is 5.63. The first-order valence-corrected chi connectivity index (χ1v) is 7.95. The Balaban J connectivity index is 2.23. The molecule has 1 rings (SSSR count). The first-order valence-electron chi connectivity index (χ1n) is 7.95. The number of carbonyl (C=O) groups excluding carboxylic acids is 1. The van der Waals surface area contributed by atoms with Gasteiger partial charge in [-0.25, -0.2) is 0 Å². The van der Waals surface area contributed by atoms with Crippen molar-refractivity contribution in [3.8, 4) is 0 Å². The Bertz CT molecular complexity index is 314. The molecule has 1 heterocycles. The van der Waals surface area contributed by atoms with Gasteiger partial charge in [0.1, 0.15) is 5.54 Å². The molecule has 0 aromatic carbocycles. The minimum absolute atomic E-state index is 0.279. The molecule has 1 unspecified atom stereocenters. The van der Waals surface area contributed by atoms with E-state index in [4.69, 9.17) is 10.5 Å². The minimum atomic E-state index is -0.836. The Labute approximate surface area is 124 Å². The average Bonchev–Trinajstić information content (AvgIpc) is 2.34. The number of nitrogens with two attached hydrogens (primary N) is 1. The maximum absolute atomic E-state index is 11.7. The van der Waals surface area contributed by atoms with E-state index in [0.717, 1.165) is 19.4 Å². The highest BCUT2D eigenvalue weighted by molar-refractivity contribution is 5.79. The van der Waals surface area contributed by atoms with Gasteiger partial charge in [-0.05, 0) is 64.5 Å². The Morgan fingerprint density at radius 1 is 1.40 bits per heavy atom. The summed E-state index contributed by atoms with van der Waals surface area (Å²) in [6.45, 7) is 12.2. The normalized spacial score (nSPS) is 22.2. The summed E-state index contributed by atoms with van der Waals surface area (Å²) in [4.78, 5) is 14.2. The number of hydrogen-bond acceptors (Lipinski definition) is 4. The molecule has 2 N–H and O–H groups in total. The third kappa shape index (κ3) is 5.80. The van der Waals surface area contributed by atoms with Gasteiger partial charge < -0.3 is 15.4 Å². The third-order valence-electron chi connectivity index (χ3n) is 4.14. The fourth-order valence-electron chi connectivity index (χ4n) is 2.96. The number of hydrogen-bond donors (Lipinski definition) is 1. The number of rotatable bonds is 7. The summed E-state index contributed by atoms with van der Waals surface area (Å²) in [5, 5.41) is 0. The summed E-state index contributed by atoms with van der Waals surface area (Å²) in [5.74, 6) is -0.279. The number of ether oxygens (including phenoxy) is 1. The SMILES string of the molecule is CCOC(=O)C(C)(N)CCCCN1CCCC(C)(C)C1. The molecule has 1 fully saturated rings. The van der Waals surface area contributed by atoms with Crippen molar-refractivity contribution in [2.45, 2.75) is 65.3 Å². The molecule has 0 radical (unpaired) electrons. The molecule has 20 heavy (non-hydrogen) atoms. The van der Waals surface area contributed by atoms with Crippen LogP contribution in [0.2, 0.25) is 0 Å². The van der Waals surface area contributed by atoms with E-state index >= 15 is 0 Å². The zero-order valence-corrected chi connectivity index (χ0v) is 13.7. The molecular weight excluding hydrogens is 252 g/mol. The molecule has 0 amide bonds. The molecular formula is C16H32N2O2. The maximum Gasteiger partial charge on any atom is 0.325 e. The number of carbonyl (C=O) groups is 1. The standard InChI is InChI=1S/C16H32N2O2/c1-5-20-14(19)16(4,17)10-6-7-11-18-12-8-9-15(2,3)13-18/h5-13,17H2,1-4H3. The lowest BCUT2D eigenvalue weighted by atomic mass is 9.84. The lowest BCUT2D eigenvalue weighted by Gasteiger charge is -2.38. The van der Waals surface area contributed by atoms with E-state index < -0.39 is 5.54 Å². The highest BCUT2D eigenvalue weighted by atomic mass is 16.5. The maximum atomic E-state index is 11.7. The fourth-order valence-corrected chi connectivity index (χ4v) is 2.96. The lowest BCUT2D eigenvalue weighted by Crippen LogP contribution is -2.46. The molecule has 0 aromatic heterocycles. The molecule has 1 saturated heterocycles. The molecule has 0 spiro atoms. The van der Waals surface area contributed by atoms with Crippen LogP contribution in [0.15, 0.2) is 0 Å². The molecule has 1 atom stereocenters. The van der Waals surface area contributed by atoms with Gasteiger partial charge in [0.15, 0.2) is 0 Å². The van der Waals surface area contributed by atoms with Crippen LogP contribution in [0.25, 0.3) is 0 Å². The smallest absolute Gasteiger partial charge is 0.325 e. The average molecular weight is 284 g/mol. The van der Waals surface area contributed by atoms with Gasteiger partial charge in [0.25, 0.3) is 0 Å². The summed E-state index contributed by atoms with van der Waals surface area (Å²) in [7, 11) is 0. The number of piperidine rings is 1. The van der Waals surface area contributed by atoms with E-state index in [0.29, 0.717) is 18.4 Å². The van der Waals surface area contributed by atoms with Gasteiger partial charge in [-0.2, -0.15) is 0 Å². The summed E-state index contributed by atoms with van der Waals surface area (Å²) < 4.78 is 5.01. The van der Waals surface area contributed by atoms with Gasteiger partial charge in [0.2, 0.25) is 0 Å². The molecule has 1 aliphatic rings. The largest absolute Gasteiger partial charge is 0.465 e. The van der Waals surface area contributed by atoms with Crippen molar-refractivity contribution in [2.24, 2.45) is 11.1 Å². The van der Waals surface area contributed by atoms with E-state index in [1.807, 2.05) is 6.92 Å². The number of nitrogens with zero attached hydrogens (tertiary/aromatic N) is 1. The van der Waals surface area contributed by atoms with Crippen LogP contribution in [0.3, 0.4) is 0 Å². The first kappa shape index (κ1) is 17.4. The van der Waals surface area contributed by atoms with Crippen molar-refractivity contribution in [2.75, 3.05) is 26.2 Å². The second-order valence-corrected chi connectivity index (χ2v) is 7.14. The monoisotopic (exact) mass is 284 g/mol. The van der Waals surface area contributed by atoms with E-state index in [2.05, 4.69) is 18.7 Å². The molecule has 0 saturated carbocycles. The van der Waals surface area contributed by atoms with Gasteiger partial charge in [-0.3, -0.25) is 4.79 Å².